The minimum atomic E-state index is 0.829. The van der Waals surface area contributed by atoms with E-state index in [2.05, 4.69) is 25.6 Å². The van der Waals surface area contributed by atoms with E-state index in [9.17, 15) is 0 Å². The van der Waals surface area contributed by atoms with E-state index in [1.54, 1.807) is 0 Å². The van der Waals surface area contributed by atoms with Crippen molar-refractivity contribution in [2.45, 2.75) is 39.5 Å². The van der Waals surface area contributed by atoms with Gasteiger partial charge in [0.1, 0.15) is 0 Å². The van der Waals surface area contributed by atoms with Crippen LogP contribution in [0.5, 0.6) is 0 Å². The molecule has 0 radical (unpaired) electrons. The predicted molar refractivity (Wildman–Crippen MR) is 61.4 cm³/mol. The number of halogens is 1. The minimum absolute atomic E-state index is 0.829. The Hall–Kier alpha value is 0.640. The van der Waals surface area contributed by atoms with Crippen molar-refractivity contribution in [1.82, 2.24) is 0 Å². The van der Waals surface area contributed by atoms with Crippen LogP contribution in [0.2, 0.25) is 0 Å². The highest BCUT2D eigenvalue weighted by Crippen LogP contribution is 2.13. The molecule has 1 atom stereocenters. The topological polar surface area (TPSA) is 0 Å². The van der Waals surface area contributed by atoms with Gasteiger partial charge in [0.2, 0.25) is 0 Å². The van der Waals surface area contributed by atoms with E-state index in [0.717, 1.165) is 11.8 Å². The summed E-state index contributed by atoms with van der Waals surface area (Å²) in [6.45, 7) is 4.59. The molecule has 0 amide bonds. The van der Waals surface area contributed by atoms with Gasteiger partial charge in [0, 0.05) is 5.88 Å². The van der Waals surface area contributed by atoms with Crippen LogP contribution < -0.4 is 0 Å². The fourth-order valence-corrected chi connectivity index (χ4v) is 2.28. The van der Waals surface area contributed by atoms with Crippen LogP contribution in [0.1, 0.15) is 39.5 Å². The van der Waals surface area contributed by atoms with Gasteiger partial charge in [0.15, 0.2) is 0 Å². The number of alkyl halides is 1. The van der Waals surface area contributed by atoms with E-state index in [1.165, 1.54) is 37.2 Å². The zero-order valence-electron chi connectivity index (χ0n) is 8.31. The Labute approximate surface area is 86.5 Å². The molecule has 0 aromatic heterocycles. The fraction of sp³-hybridized carbons (Fsp3) is 1.00. The lowest BCUT2D eigenvalue weighted by molar-refractivity contribution is 0.636. The highest BCUT2D eigenvalue weighted by molar-refractivity contribution is 7.99. The van der Waals surface area contributed by atoms with Gasteiger partial charge in [0.05, 0.1) is 0 Å². The van der Waals surface area contributed by atoms with Crippen molar-refractivity contribution < 1.29 is 0 Å². The van der Waals surface area contributed by atoms with Gasteiger partial charge in [-0.25, -0.2) is 0 Å². The SMILES string of the molecule is CCC(C)CSCCCCCCl. The Bertz CT molecular complexity index is 85.9. The molecule has 0 spiro atoms. The summed E-state index contributed by atoms with van der Waals surface area (Å²) in [6.07, 6.45) is 5.14. The molecule has 0 N–H and O–H groups in total. The van der Waals surface area contributed by atoms with Crippen LogP contribution in [-0.4, -0.2) is 17.4 Å². The third-order valence-corrected chi connectivity index (χ3v) is 3.67. The summed E-state index contributed by atoms with van der Waals surface area (Å²) in [4.78, 5) is 0. The molecule has 0 heterocycles. The molecule has 0 aliphatic heterocycles. The summed E-state index contributed by atoms with van der Waals surface area (Å²) in [6, 6.07) is 0. The van der Waals surface area contributed by atoms with E-state index in [1.807, 2.05) is 0 Å². The molecular weight excluding hydrogens is 188 g/mol. The average Bonchev–Trinajstić information content (AvgIpc) is 2.10. The summed E-state index contributed by atoms with van der Waals surface area (Å²) in [7, 11) is 0. The Morgan fingerprint density at radius 2 is 2.00 bits per heavy atom. The van der Waals surface area contributed by atoms with Gasteiger partial charge in [-0.3, -0.25) is 0 Å². The molecule has 0 saturated carbocycles. The van der Waals surface area contributed by atoms with E-state index in [-0.39, 0.29) is 0 Å². The van der Waals surface area contributed by atoms with E-state index < -0.39 is 0 Å². The molecule has 0 aliphatic rings. The van der Waals surface area contributed by atoms with Gasteiger partial charge in [-0.1, -0.05) is 26.7 Å². The number of thioether (sulfide) groups is 1. The van der Waals surface area contributed by atoms with Crippen molar-refractivity contribution in [3.63, 3.8) is 0 Å². The molecule has 0 aromatic rings. The van der Waals surface area contributed by atoms with Crippen LogP contribution in [0, 0.1) is 5.92 Å². The first-order valence-corrected chi connectivity index (χ1v) is 6.63. The Morgan fingerprint density at radius 3 is 2.58 bits per heavy atom. The summed E-state index contributed by atoms with van der Waals surface area (Å²) >= 11 is 7.67. The highest BCUT2D eigenvalue weighted by Gasteiger charge is 1.97. The predicted octanol–water partition coefficient (Wildman–Crippen LogP) is 4.17. The largest absolute Gasteiger partial charge is 0.162 e. The third kappa shape index (κ3) is 8.73. The number of unbranched alkanes of at least 4 members (excludes halogenated alkanes) is 2. The first-order valence-electron chi connectivity index (χ1n) is 4.95. The number of hydrogen-bond donors (Lipinski definition) is 0. The maximum absolute atomic E-state index is 5.58. The molecule has 12 heavy (non-hydrogen) atoms. The quantitative estimate of drug-likeness (QED) is 0.426. The number of hydrogen-bond acceptors (Lipinski definition) is 1. The van der Waals surface area contributed by atoms with Crippen LogP contribution in [0.3, 0.4) is 0 Å². The zero-order chi connectivity index (χ0) is 9.23. The molecule has 0 nitrogen and oxygen atoms in total. The summed E-state index contributed by atoms with van der Waals surface area (Å²) in [5.41, 5.74) is 0. The maximum atomic E-state index is 5.58. The van der Waals surface area contributed by atoms with Crippen molar-refractivity contribution in [2.75, 3.05) is 17.4 Å². The molecule has 0 aliphatic carbocycles. The molecule has 1 unspecified atom stereocenters. The average molecular weight is 209 g/mol. The lowest BCUT2D eigenvalue weighted by Crippen LogP contribution is -1.96. The van der Waals surface area contributed by atoms with Crippen LogP contribution in [0.15, 0.2) is 0 Å². The third-order valence-electron chi connectivity index (χ3n) is 2.02. The van der Waals surface area contributed by atoms with Crippen molar-refractivity contribution in [3.8, 4) is 0 Å². The Kier molecular flexibility index (Phi) is 10.2. The molecule has 2 heteroatoms. The minimum Gasteiger partial charge on any atom is -0.162 e. The van der Waals surface area contributed by atoms with Gasteiger partial charge in [-0.15, -0.1) is 11.6 Å². The Morgan fingerprint density at radius 1 is 1.25 bits per heavy atom. The first kappa shape index (κ1) is 12.6. The summed E-state index contributed by atoms with van der Waals surface area (Å²) in [5, 5.41) is 0. The van der Waals surface area contributed by atoms with Crippen LogP contribution in [0.4, 0.5) is 0 Å². The molecule has 0 saturated heterocycles. The second kappa shape index (κ2) is 9.73. The second-order valence-corrected chi connectivity index (χ2v) is 4.87. The maximum Gasteiger partial charge on any atom is 0.0223 e. The van der Waals surface area contributed by atoms with E-state index in [0.29, 0.717) is 0 Å². The molecule has 74 valence electrons. The lowest BCUT2D eigenvalue weighted by Gasteiger charge is -2.06. The molecule has 0 fully saturated rings. The molecule has 0 bridgehead atoms. The smallest absolute Gasteiger partial charge is 0.0223 e. The molecule has 0 aromatic carbocycles. The van der Waals surface area contributed by atoms with Gasteiger partial charge < -0.3 is 0 Å². The first-order chi connectivity index (χ1) is 5.81. The Balaban J connectivity index is 2.90. The fourth-order valence-electron chi connectivity index (χ4n) is 0.878. The van der Waals surface area contributed by atoms with E-state index >= 15 is 0 Å². The zero-order valence-corrected chi connectivity index (χ0v) is 9.89. The normalized spacial score (nSPS) is 13.2. The summed E-state index contributed by atoms with van der Waals surface area (Å²) < 4.78 is 0. The van der Waals surface area contributed by atoms with Crippen molar-refractivity contribution in [2.24, 2.45) is 5.92 Å². The van der Waals surface area contributed by atoms with Crippen molar-refractivity contribution >= 4 is 23.4 Å². The summed E-state index contributed by atoms with van der Waals surface area (Å²) in [5.74, 6) is 4.37. The van der Waals surface area contributed by atoms with Gasteiger partial charge in [-0.2, -0.15) is 11.8 Å². The number of rotatable bonds is 8. The monoisotopic (exact) mass is 208 g/mol. The molecule has 0 rings (SSSR count). The second-order valence-electron chi connectivity index (χ2n) is 3.34. The standard InChI is InChI=1S/C10H21ClS/c1-3-10(2)9-12-8-6-4-5-7-11/h10H,3-9H2,1-2H3. The van der Waals surface area contributed by atoms with Crippen molar-refractivity contribution in [1.29, 1.82) is 0 Å². The van der Waals surface area contributed by atoms with Crippen molar-refractivity contribution in [3.05, 3.63) is 0 Å². The van der Waals surface area contributed by atoms with Gasteiger partial charge in [-0.05, 0) is 30.3 Å². The van der Waals surface area contributed by atoms with Gasteiger partial charge in [0.25, 0.3) is 0 Å². The van der Waals surface area contributed by atoms with Crippen LogP contribution >= 0.6 is 23.4 Å². The van der Waals surface area contributed by atoms with E-state index in [4.69, 9.17) is 11.6 Å². The van der Waals surface area contributed by atoms with Crippen LogP contribution in [0.25, 0.3) is 0 Å². The van der Waals surface area contributed by atoms with Crippen LogP contribution in [-0.2, 0) is 0 Å². The highest BCUT2D eigenvalue weighted by atomic mass is 35.5. The lowest BCUT2D eigenvalue weighted by atomic mass is 10.2. The van der Waals surface area contributed by atoms with Gasteiger partial charge >= 0.3 is 0 Å². The molecular formula is C10H21ClS.